The van der Waals surface area contributed by atoms with Crippen molar-refractivity contribution in [3.63, 3.8) is 0 Å². The van der Waals surface area contributed by atoms with E-state index in [1.807, 2.05) is 0 Å². The number of methoxy groups -OCH3 is 1. The molecule has 0 unspecified atom stereocenters. The Labute approximate surface area is 198 Å². The summed E-state index contributed by atoms with van der Waals surface area (Å²) in [6.07, 6.45) is -2.06. The summed E-state index contributed by atoms with van der Waals surface area (Å²) >= 11 is 0. The van der Waals surface area contributed by atoms with Gasteiger partial charge < -0.3 is 19.9 Å². The number of hydrogen-bond acceptors (Lipinski definition) is 7. The molecule has 2 heterocycles. The predicted octanol–water partition coefficient (Wildman–Crippen LogP) is 4.30. The molecule has 0 radical (unpaired) electrons. The second-order valence-electron chi connectivity index (χ2n) is 7.58. The molecule has 8 nitrogen and oxygen atoms in total. The lowest BCUT2D eigenvalue weighted by Gasteiger charge is -2.17. The first kappa shape index (κ1) is 25.8. The fourth-order valence-electron chi connectivity index (χ4n) is 3.27. The van der Waals surface area contributed by atoms with Crippen LogP contribution < -0.4 is 14.8 Å². The Bertz CT molecular complexity index is 1270. The van der Waals surface area contributed by atoms with Gasteiger partial charge in [-0.2, -0.15) is 13.2 Å². The summed E-state index contributed by atoms with van der Waals surface area (Å²) < 4.78 is 63.8. The second kappa shape index (κ2) is 10.2. The van der Waals surface area contributed by atoms with Crippen LogP contribution in [0.25, 0.3) is 11.3 Å². The first-order chi connectivity index (χ1) is 16.4. The molecule has 35 heavy (non-hydrogen) atoms. The lowest BCUT2D eigenvalue weighted by atomic mass is 10.1. The molecule has 2 N–H and O–H groups in total. The molecular weight excluding hydrogens is 472 g/mol. The number of aryl methyl sites for hydroxylation is 2. The molecule has 2 aromatic heterocycles. The first-order valence-corrected chi connectivity index (χ1v) is 10.2. The number of nitrogens with one attached hydrogen (secondary N) is 1. The summed E-state index contributed by atoms with van der Waals surface area (Å²) in [5.41, 5.74) is 1.14. The highest BCUT2D eigenvalue weighted by Crippen LogP contribution is 2.33. The molecule has 0 atom stereocenters. The normalized spacial score (nSPS) is 11.3. The van der Waals surface area contributed by atoms with Gasteiger partial charge in [0.05, 0.1) is 48.2 Å². The number of halogens is 4. The van der Waals surface area contributed by atoms with Gasteiger partial charge in [-0.05, 0) is 38.5 Å². The molecule has 0 aliphatic rings. The Balaban J connectivity index is 2.08. The Hall–Kier alpha value is -3.80. The lowest BCUT2D eigenvalue weighted by Crippen LogP contribution is -2.22. The SMILES string of the molecule is COc1ncc(C)c(NC(=O)c2cc(F)c(-c3cnc(C)c(CO)n3)cc2OCC(F)(F)F)c1C. The van der Waals surface area contributed by atoms with E-state index in [-0.39, 0.29) is 22.8 Å². The van der Waals surface area contributed by atoms with Crippen LogP contribution in [0.5, 0.6) is 11.6 Å². The number of aliphatic hydroxyl groups excluding tert-OH is 1. The number of ether oxygens (including phenoxy) is 2. The van der Waals surface area contributed by atoms with Crippen LogP contribution in [0.4, 0.5) is 23.2 Å². The van der Waals surface area contributed by atoms with Crippen LogP contribution in [0.15, 0.2) is 24.5 Å². The van der Waals surface area contributed by atoms with E-state index in [4.69, 9.17) is 9.47 Å². The molecule has 3 aromatic rings. The summed E-state index contributed by atoms with van der Waals surface area (Å²) in [7, 11) is 1.39. The molecule has 3 rings (SSSR count). The molecule has 0 spiro atoms. The van der Waals surface area contributed by atoms with Crippen molar-refractivity contribution >= 4 is 11.6 Å². The van der Waals surface area contributed by atoms with Gasteiger partial charge in [0.1, 0.15) is 11.6 Å². The van der Waals surface area contributed by atoms with Gasteiger partial charge in [0.25, 0.3) is 5.91 Å². The van der Waals surface area contributed by atoms with Gasteiger partial charge in [-0.3, -0.25) is 9.78 Å². The zero-order chi connectivity index (χ0) is 25.9. The Morgan fingerprint density at radius 1 is 1.14 bits per heavy atom. The quantitative estimate of drug-likeness (QED) is 0.472. The van der Waals surface area contributed by atoms with Crippen LogP contribution >= 0.6 is 0 Å². The number of alkyl halides is 3. The minimum absolute atomic E-state index is 0.0495. The molecule has 0 fully saturated rings. The van der Waals surface area contributed by atoms with Crippen LogP contribution in [-0.4, -0.2) is 45.9 Å². The monoisotopic (exact) mass is 494 g/mol. The first-order valence-electron chi connectivity index (χ1n) is 10.2. The maximum Gasteiger partial charge on any atom is 0.422 e. The topological polar surface area (TPSA) is 106 Å². The van der Waals surface area contributed by atoms with Gasteiger partial charge in [-0.15, -0.1) is 0 Å². The molecule has 0 saturated heterocycles. The molecule has 0 aliphatic carbocycles. The number of aliphatic hydroxyl groups is 1. The highest BCUT2D eigenvalue weighted by atomic mass is 19.4. The number of hydrogen-bond donors (Lipinski definition) is 2. The second-order valence-corrected chi connectivity index (χ2v) is 7.58. The molecule has 0 bridgehead atoms. The van der Waals surface area contributed by atoms with Crippen molar-refractivity contribution in [1.82, 2.24) is 15.0 Å². The Kier molecular flexibility index (Phi) is 7.54. The Morgan fingerprint density at radius 2 is 1.86 bits per heavy atom. The number of rotatable bonds is 7. The smallest absolute Gasteiger partial charge is 0.422 e. The van der Waals surface area contributed by atoms with Gasteiger partial charge in [0.15, 0.2) is 6.61 Å². The number of nitrogens with zero attached hydrogens (tertiary/aromatic N) is 3. The average Bonchev–Trinajstić information content (AvgIpc) is 2.80. The standard InChI is InChI=1S/C23H22F4N4O4/c1-11-7-29-22(34-4)12(2)20(11)31-21(33)15-5-16(24)14(6-19(15)35-10-23(25,26)27)17-8-28-13(3)18(9-32)30-17/h5-8,32H,9-10H2,1-4H3,(H,29,31,33). The molecule has 186 valence electrons. The van der Waals surface area contributed by atoms with Crippen LogP contribution in [0, 0.1) is 26.6 Å². The van der Waals surface area contributed by atoms with Crippen molar-refractivity contribution in [1.29, 1.82) is 0 Å². The van der Waals surface area contributed by atoms with E-state index in [9.17, 15) is 23.1 Å². The summed E-state index contributed by atoms with van der Waals surface area (Å²) in [5, 5.41) is 12.0. The van der Waals surface area contributed by atoms with E-state index in [0.717, 1.165) is 12.1 Å². The zero-order valence-electron chi connectivity index (χ0n) is 19.2. The van der Waals surface area contributed by atoms with E-state index in [2.05, 4.69) is 20.3 Å². The van der Waals surface area contributed by atoms with Crippen LogP contribution in [0.3, 0.4) is 0 Å². The van der Waals surface area contributed by atoms with Crippen LogP contribution in [0.2, 0.25) is 0 Å². The number of pyridine rings is 1. The van der Waals surface area contributed by atoms with Crippen molar-refractivity contribution in [2.75, 3.05) is 19.0 Å². The van der Waals surface area contributed by atoms with Crippen LogP contribution in [-0.2, 0) is 6.61 Å². The van der Waals surface area contributed by atoms with Gasteiger partial charge >= 0.3 is 6.18 Å². The van der Waals surface area contributed by atoms with Crippen molar-refractivity contribution in [2.24, 2.45) is 0 Å². The van der Waals surface area contributed by atoms with Crippen molar-refractivity contribution in [2.45, 2.75) is 33.6 Å². The fraction of sp³-hybridized carbons (Fsp3) is 0.304. The molecule has 0 saturated carbocycles. The van der Waals surface area contributed by atoms with Gasteiger partial charge in [0, 0.05) is 17.3 Å². The largest absolute Gasteiger partial charge is 0.483 e. The Morgan fingerprint density at radius 3 is 2.49 bits per heavy atom. The number of carbonyl (C=O) groups excluding carboxylic acids is 1. The van der Waals surface area contributed by atoms with Crippen LogP contribution in [0.1, 0.15) is 32.9 Å². The van der Waals surface area contributed by atoms with E-state index < -0.39 is 42.4 Å². The third-order valence-corrected chi connectivity index (χ3v) is 5.08. The highest BCUT2D eigenvalue weighted by molar-refractivity contribution is 6.07. The summed E-state index contributed by atoms with van der Waals surface area (Å²) in [6.45, 7) is 2.70. The van der Waals surface area contributed by atoms with E-state index >= 15 is 4.39 Å². The minimum Gasteiger partial charge on any atom is -0.483 e. The minimum atomic E-state index is -4.71. The number of benzene rings is 1. The molecular formula is C23H22F4N4O4. The average molecular weight is 494 g/mol. The van der Waals surface area contributed by atoms with Crippen molar-refractivity contribution in [3.8, 4) is 22.9 Å². The third-order valence-electron chi connectivity index (χ3n) is 5.08. The molecule has 1 aromatic carbocycles. The molecule has 0 aliphatic heterocycles. The number of amides is 1. The van der Waals surface area contributed by atoms with E-state index in [1.54, 1.807) is 20.8 Å². The number of anilines is 1. The van der Waals surface area contributed by atoms with Gasteiger partial charge in [-0.25, -0.2) is 14.4 Å². The van der Waals surface area contributed by atoms with Gasteiger partial charge in [0.2, 0.25) is 5.88 Å². The van der Waals surface area contributed by atoms with Gasteiger partial charge in [-0.1, -0.05) is 0 Å². The highest BCUT2D eigenvalue weighted by Gasteiger charge is 2.30. The third kappa shape index (κ3) is 5.83. The van der Waals surface area contributed by atoms with E-state index in [1.165, 1.54) is 19.5 Å². The fourth-order valence-corrected chi connectivity index (χ4v) is 3.27. The van der Waals surface area contributed by atoms with Crippen molar-refractivity contribution in [3.05, 3.63) is 58.4 Å². The predicted molar refractivity (Wildman–Crippen MR) is 118 cm³/mol. The summed E-state index contributed by atoms with van der Waals surface area (Å²) in [5.74, 6) is -2.13. The summed E-state index contributed by atoms with van der Waals surface area (Å²) in [6, 6.07) is 1.71. The maximum absolute atomic E-state index is 15.1. The zero-order valence-corrected chi connectivity index (χ0v) is 19.2. The van der Waals surface area contributed by atoms with E-state index in [0.29, 0.717) is 22.5 Å². The molecule has 1 amide bonds. The summed E-state index contributed by atoms with van der Waals surface area (Å²) in [4.78, 5) is 25.3. The van der Waals surface area contributed by atoms with Crippen molar-refractivity contribution < 1.29 is 36.9 Å². The maximum atomic E-state index is 15.1. The number of carbonyl (C=O) groups is 1. The molecule has 12 heteroatoms. The number of aromatic nitrogens is 3. The lowest BCUT2D eigenvalue weighted by molar-refractivity contribution is -0.153.